The highest BCUT2D eigenvalue weighted by Crippen LogP contribution is 2.28. The molecule has 0 fully saturated rings. The lowest BCUT2D eigenvalue weighted by atomic mass is 10.1. The van der Waals surface area contributed by atoms with Gasteiger partial charge in [0.1, 0.15) is 34.3 Å². The summed E-state index contributed by atoms with van der Waals surface area (Å²) in [6.07, 6.45) is 0. The second-order valence-electron chi connectivity index (χ2n) is 5.96. The Kier molecular flexibility index (Phi) is 4.26. The molecule has 5 heteroatoms. The average molecular weight is 360 g/mol. The van der Waals surface area contributed by atoms with Gasteiger partial charge in [-0.3, -0.25) is 4.79 Å². The topological polar surface area (TPSA) is 68.9 Å². The summed E-state index contributed by atoms with van der Waals surface area (Å²) in [5.74, 6) is 2.60. The molecule has 4 aromatic rings. The number of ether oxygens (including phenoxy) is 2. The molecule has 0 bridgehead atoms. The fourth-order valence-corrected chi connectivity index (χ4v) is 2.75. The Labute approximate surface area is 155 Å². The Morgan fingerprint density at radius 1 is 0.815 bits per heavy atom. The number of aromatic hydroxyl groups is 1. The molecule has 0 spiro atoms. The monoisotopic (exact) mass is 360 g/mol. The van der Waals surface area contributed by atoms with Gasteiger partial charge in [0, 0.05) is 11.6 Å². The fourth-order valence-electron chi connectivity index (χ4n) is 2.75. The van der Waals surface area contributed by atoms with E-state index in [0.29, 0.717) is 28.2 Å². The third-order valence-corrected chi connectivity index (χ3v) is 4.14. The van der Waals surface area contributed by atoms with Gasteiger partial charge in [-0.2, -0.15) is 0 Å². The van der Waals surface area contributed by atoms with Gasteiger partial charge in [0.25, 0.3) is 0 Å². The van der Waals surface area contributed by atoms with Crippen molar-refractivity contribution in [2.75, 3.05) is 7.11 Å². The van der Waals surface area contributed by atoms with Gasteiger partial charge in [-0.05, 0) is 66.7 Å². The van der Waals surface area contributed by atoms with E-state index in [4.69, 9.17) is 13.9 Å². The van der Waals surface area contributed by atoms with Crippen LogP contribution in [0.15, 0.2) is 82.0 Å². The van der Waals surface area contributed by atoms with Crippen LogP contribution in [-0.4, -0.2) is 12.2 Å². The van der Waals surface area contributed by atoms with Crippen molar-refractivity contribution in [1.29, 1.82) is 0 Å². The van der Waals surface area contributed by atoms with Gasteiger partial charge in [-0.25, -0.2) is 0 Å². The van der Waals surface area contributed by atoms with Crippen LogP contribution in [0.25, 0.3) is 22.3 Å². The minimum atomic E-state index is -0.208. The van der Waals surface area contributed by atoms with Gasteiger partial charge in [0.15, 0.2) is 5.43 Å². The van der Waals surface area contributed by atoms with Crippen molar-refractivity contribution in [3.05, 3.63) is 83.0 Å². The second kappa shape index (κ2) is 6.88. The lowest BCUT2D eigenvalue weighted by Gasteiger charge is -2.08. The zero-order valence-electron chi connectivity index (χ0n) is 14.5. The van der Waals surface area contributed by atoms with Crippen LogP contribution in [0.3, 0.4) is 0 Å². The van der Waals surface area contributed by atoms with Crippen LogP contribution in [0.1, 0.15) is 0 Å². The van der Waals surface area contributed by atoms with E-state index in [1.54, 1.807) is 25.3 Å². The Hall–Kier alpha value is -3.73. The SMILES string of the molecule is COc1ccc(Oc2ccc(-c3cc(=O)c4cc(O)ccc4o3)cc2)cc1. The summed E-state index contributed by atoms with van der Waals surface area (Å²) in [5.41, 5.74) is 0.971. The molecule has 27 heavy (non-hydrogen) atoms. The number of phenolic OH excluding ortho intramolecular Hbond substituents is 1. The van der Waals surface area contributed by atoms with E-state index in [1.165, 1.54) is 18.2 Å². The molecule has 134 valence electrons. The van der Waals surface area contributed by atoms with Gasteiger partial charge in [0.05, 0.1) is 12.5 Å². The van der Waals surface area contributed by atoms with Crippen LogP contribution in [0.5, 0.6) is 23.0 Å². The second-order valence-corrected chi connectivity index (χ2v) is 5.96. The van der Waals surface area contributed by atoms with Crippen LogP contribution >= 0.6 is 0 Å². The van der Waals surface area contributed by atoms with Crippen molar-refractivity contribution in [3.63, 3.8) is 0 Å². The highest BCUT2D eigenvalue weighted by Gasteiger charge is 2.08. The molecule has 0 aliphatic heterocycles. The number of hydrogen-bond donors (Lipinski definition) is 1. The quantitative estimate of drug-likeness (QED) is 0.557. The van der Waals surface area contributed by atoms with Crippen molar-refractivity contribution in [2.24, 2.45) is 0 Å². The zero-order chi connectivity index (χ0) is 18.8. The molecule has 0 saturated carbocycles. The normalized spacial score (nSPS) is 10.7. The lowest BCUT2D eigenvalue weighted by Crippen LogP contribution is -2.00. The minimum absolute atomic E-state index is 0.0302. The molecule has 1 N–H and O–H groups in total. The smallest absolute Gasteiger partial charge is 0.193 e. The summed E-state index contributed by atoms with van der Waals surface area (Å²) < 4.78 is 16.7. The molecule has 1 heterocycles. The third kappa shape index (κ3) is 3.48. The molecule has 5 nitrogen and oxygen atoms in total. The summed E-state index contributed by atoms with van der Waals surface area (Å²) in [4.78, 5) is 12.3. The highest BCUT2D eigenvalue weighted by molar-refractivity contribution is 5.80. The Bertz CT molecular complexity index is 1140. The lowest BCUT2D eigenvalue weighted by molar-refractivity contribution is 0.413. The van der Waals surface area contributed by atoms with Crippen LogP contribution in [0.2, 0.25) is 0 Å². The number of methoxy groups -OCH3 is 1. The molecular weight excluding hydrogens is 344 g/mol. The summed E-state index contributed by atoms with van der Waals surface area (Å²) in [5, 5.41) is 9.87. The van der Waals surface area contributed by atoms with Crippen molar-refractivity contribution >= 4 is 11.0 Å². The fraction of sp³-hybridized carbons (Fsp3) is 0.0455. The Balaban J connectivity index is 1.61. The van der Waals surface area contributed by atoms with Crippen LogP contribution in [-0.2, 0) is 0 Å². The number of rotatable bonds is 4. The van der Waals surface area contributed by atoms with Crippen LogP contribution in [0.4, 0.5) is 0 Å². The molecule has 0 amide bonds. The molecular formula is C22H16O5. The van der Waals surface area contributed by atoms with Crippen molar-refractivity contribution in [2.45, 2.75) is 0 Å². The summed E-state index contributed by atoms with van der Waals surface area (Å²) in [6, 6.07) is 20.4. The molecule has 0 radical (unpaired) electrons. The molecule has 1 aromatic heterocycles. The van der Waals surface area contributed by atoms with E-state index in [9.17, 15) is 9.90 Å². The summed E-state index contributed by atoms with van der Waals surface area (Å²) >= 11 is 0. The third-order valence-electron chi connectivity index (χ3n) is 4.14. The first-order valence-corrected chi connectivity index (χ1v) is 8.31. The summed E-state index contributed by atoms with van der Waals surface area (Å²) in [6.45, 7) is 0. The largest absolute Gasteiger partial charge is 0.508 e. The molecule has 0 atom stereocenters. The van der Waals surface area contributed by atoms with Crippen LogP contribution < -0.4 is 14.9 Å². The van der Waals surface area contributed by atoms with Gasteiger partial charge in [-0.15, -0.1) is 0 Å². The molecule has 0 saturated heterocycles. The van der Waals surface area contributed by atoms with Gasteiger partial charge >= 0.3 is 0 Å². The number of phenols is 1. The summed E-state index contributed by atoms with van der Waals surface area (Å²) in [7, 11) is 1.61. The van der Waals surface area contributed by atoms with Crippen molar-refractivity contribution < 1.29 is 19.0 Å². The first-order chi connectivity index (χ1) is 13.1. The van der Waals surface area contributed by atoms with Crippen molar-refractivity contribution in [3.8, 4) is 34.3 Å². The first-order valence-electron chi connectivity index (χ1n) is 8.31. The Morgan fingerprint density at radius 2 is 1.44 bits per heavy atom. The number of fused-ring (bicyclic) bond motifs is 1. The zero-order valence-corrected chi connectivity index (χ0v) is 14.5. The molecule has 0 aliphatic carbocycles. The minimum Gasteiger partial charge on any atom is -0.508 e. The Morgan fingerprint density at radius 3 is 2.11 bits per heavy atom. The first kappa shape index (κ1) is 16.7. The van der Waals surface area contributed by atoms with Gasteiger partial charge in [0.2, 0.25) is 0 Å². The predicted octanol–water partition coefficient (Wildman–Crippen LogP) is 4.97. The molecule has 0 unspecified atom stereocenters. The van der Waals surface area contributed by atoms with E-state index < -0.39 is 0 Å². The highest BCUT2D eigenvalue weighted by atomic mass is 16.5. The average Bonchev–Trinajstić information content (AvgIpc) is 2.69. The van der Waals surface area contributed by atoms with E-state index in [-0.39, 0.29) is 11.2 Å². The van der Waals surface area contributed by atoms with E-state index in [0.717, 1.165) is 11.3 Å². The van der Waals surface area contributed by atoms with E-state index in [1.807, 2.05) is 36.4 Å². The maximum absolute atomic E-state index is 12.3. The van der Waals surface area contributed by atoms with Crippen molar-refractivity contribution in [1.82, 2.24) is 0 Å². The van der Waals surface area contributed by atoms with Crippen LogP contribution in [0, 0.1) is 0 Å². The molecule has 0 aliphatic rings. The number of benzene rings is 3. The van der Waals surface area contributed by atoms with E-state index >= 15 is 0 Å². The maximum Gasteiger partial charge on any atom is 0.193 e. The number of hydrogen-bond acceptors (Lipinski definition) is 5. The standard InChI is InChI=1S/C22H16O5/c1-25-16-7-9-18(10-8-16)26-17-5-2-14(3-6-17)22-13-20(24)19-12-15(23)4-11-21(19)27-22/h2-13,23H,1H3. The van der Waals surface area contributed by atoms with Gasteiger partial charge < -0.3 is 19.0 Å². The van der Waals surface area contributed by atoms with E-state index in [2.05, 4.69) is 0 Å². The predicted molar refractivity (Wildman–Crippen MR) is 103 cm³/mol. The van der Waals surface area contributed by atoms with Gasteiger partial charge in [-0.1, -0.05) is 0 Å². The molecule has 4 rings (SSSR count). The maximum atomic E-state index is 12.3. The molecule has 3 aromatic carbocycles.